The molecule has 1 saturated heterocycles. The van der Waals surface area contributed by atoms with Crippen LogP contribution in [0.1, 0.15) is 124 Å². The molecule has 3 aromatic carbocycles. The number of likely N-dealkylation sites (tertiary alicyclic amines) is 1. The zero-order valence-electron chi connectivity index (χ0n) is 25.3. The number of rotatable bonds is 13. The summed E-state index contributed by atoms with van der Waals surface area (Å²) >= 11 is 0. The van der Waals surface area contributed by atoms with Crippen LogP contribution in [0.3, 0.4) is 0 Å². The summed E-state index contributed by atoms with van der Waals surface area (Å²) in [5.74, 6) is 1.93. The summed E-state index contributed by atoms with van der Waals surface area (Å²) < 4.78 is 5.94. The average molecular weight is 554 g/mol. The van der Waals surface area contributed by atoms with Gasteiger partial charge in [-0.2, -0.15) is 0 Å². The Morgan fingerprint density at radius 1 is 0.780 bits per heavy atom. The van der Waals surface area contributed by atoms with Crippen LogP contribution in [0.4, 0.5) is 0 Å². The Bertz CT molecular complexity index is 1150. The van der Waals surface area contributed by atoms with Gasteiger partial charge in [0.15, 0.2) is 0 Å². The van der Waals surface area contributed by atoms with Crippen molar-refractivity contribution in [3.8, 4) is 5.75 Å². The summed E-state index contributed by atoms with van der Waals surface area (Å²) in [6.07, 6.45) is 15.2. The molecule has 1 aliphatic carbocycles. The minimum Gasteiger partial charge on any atom is -0.494 e. The van der Waals surface area contributed by atoms with Gasteiger partial charge in [0.1, 0.15) is 11.5 Å². The Balaban J connectivity index is 1.32. The third kappa shape index (κ3) is 7.81. The van der Waals surface area contributed by atoms with Crippen molar-refractivity contribution in [1.29, 1.82) is 0 Å². The van der Waals surface area contributed by atoms with Crippen molar-refractivity contribution in [3.63, 3.8) is 0 Å². The molecule has 2 atom stereocenters. The summed E-state index contributed by atoms with van der Waals surface area (Å²) in [6.45, 7) is 4.91. The first-order chi connectivity index (χ1) is 20.2. The number of benzene rings is 3. The minimum absolute atomic E-state index is 0.292. The van der Waals surface area contributed by atoms with Crippen LogP contribution in [0.25, 0.3) is 0 Å². The van der Waals surface area contributed by atoms with Gasteiger partial charge in [0.25, 0.3) is 0 Å². The molecule has 0 amide bonds. The maximum Gasteiger partial charge on any atom is 0.144 e. The van der Waals surface area contributed by atoms with Crippen LogP contribution in [-0.2, 0) is 5.72 Å². The largest absolute Gasteiger partial charge is 0.494 e. The minimum atomic E-state index is -0.913. The molecular weight excluding hydrogens is 502 g/mol. The van der Waals surface area contributed by atoms with E-state index >= 15 is 0 Å². The number of hydrogen-bond donors (Lipinski definition) is 1. The second kappa shape index (κ2) is 15.0. The van der Waals surface area contributed by atoms with Crippen molar-refractivity contribution in [2.45, 2.75) is 108 Å². The molecule has 1 N–H and O–H groups in total. The number of piperidine rings is 1. The molecule has 1 aliphatic heterocycles. The second-order valence-corrected chi connectivity index (χ2v) is 12.4. The van der Waals surface area contributed by atoms with Crippen LogP contribution < -0.4 is 4.74 Å². The predicted octanol–water partition coefficient (Wildman–Crippen LogP) is 9.55. The Kier molecular flexibility index (Phi) is 10.9. The molecule has 41 heavy (non-hydrogen) atoms. The smallest absolute Gasteiger partial charge is 0.144 e. The normalized spacial score (nSPS) is 19.0. The van der Waals surface area contributed by atoms with Crippen molar-refractivity contribution in [1.82, 2.24) is 4.90 Å². The van der Waals surface area contributed by atoms with Gasteiger partial charge in [0.2, 0.25) is 0 Å². The van der Waals surface area contributed by atoms with Gasteiger partial charge in [-0.05, 0) is 91.7 Å². The standard InChI is InChI=1S/C38H51NO2/c1-2-3-30-41-36-25-21-34(22-26-36)37(33-16-9-5-10-17-33)18-13-27-38(40,39-28-11-6-12-29-39)35-23-19-32(20-24-35)31-14-7-4-8-15-31/h5,9-10,16-17,19-26,31,37,40H,2-4,6-8,11-15,18,27-30H2,1H3. The molecule has 3 nitrogen and oxygen atoms in total. The van der Waals surface area contributed by atoms with Gasteiger partial charge >= 0.3 is 0 Å². The average Bonchev–Trinajstić information content (AvgIpc) is 3.05. The Hall–Kier alpha value is -2.62. The van der Waals surface area contributed by atoms with E-state index in [1.807, 2.05) is 0 Å². The van der Waals surface area contributed by atoms with Crippen LogP contribution in [0.15, 0.2) is 78.9 Å². The molecule has 2 fully saturated rings. The van der Waals surface area contributed by atoms with E-state index in [9.17, 15) is 5.11 Å². The molecule has 2 unspecified atom stereocenters. The lowest BCUT2D eigenvalue weighted by atomic mass is 9.82. The lowest BCUT2D eigenvalue weighted by Crippen LogP contribution is -2.48. The van der Waals surface area contributed by atoms with E-state index in [0.29, 0.717) is 11.8 Å². The topological polar surface area (TPSA) is 32.7 Å². The molecule has 0 bridgehead atoms. The molecule has 0 spiro atoms. The molecule has 0 radical (unpaired) electrons. The van der Waals surface area contributed by atoms with Gasteiger partial charge in [-0.25, -0.2) is 0 Å². The van der Waals surface area contributed by atoms with Gasteiger partial charge in [-0.15, -0.1) is 0 Å². The van der Waals surface area contributed by atoms with E-state index in [-0.39, 0.29) is 0 Å². The summed E-state index contributed by atoms with van der Waals surface area (Å²) in [6, 6.07) is 28.7. The van der Waals surface area contributed by atoms with Crippen molar-refractivity contribution < 1.29 is 9.84 Å². The van der Waals surface area contributed by atoms with Gasteiger partial charge in [0.05, 0.1) is 6.61 Å². The zero-order chi connectivity index (χ0) is 28.3. The fraction of sp³-hybridized carbons (Fsp3) is 0.526. The Morgan fingerprint density at radius 3 is 2.12 bits per heavy atom. The predicted molar refractivity (Wildman–Crippen MR) is 171 cm³/mol. The lowest BCUT2D eigenvalue weighted by molar-refractivity contribution is -0.131. The fourth-order valence-corrected chi connectivity index (χ4v) is 7.10. The molecule has 3 heteroatoms. The molecule has 3 aromatic rings. The van der Waals surface area contributed by atoms with E-state index in [2.05, 4.69) is 90.7 Å². The summed E-state index contributed by atoms with van der Waals surface area (Å²) in [7, 11) is 0. The van der Waals surface area contributed by atoms with Gasteiger partial charge < -0.3 is 9.84 Å². The number of hydrogen-bond acceptors (Lipinski definition) is 3. The SMILES string of the molecule is CCCCOc1ccc(C(CCCC(O)(c2ccc(C3CCCCC3)cc2)N2CCCCC2)c2ccccc2)cc1. The fourth-order valence-electron chi connectivity index (χ4n) is 7.10. The second-order valence-electron chi connectivity index (χ2n) is 12.4. The number of aliphatic hydroxyl groups is 1. The first-order valence-electron chi connectivity index (χ1n) is 16.5. The number of nitrogens with zero attached hydrogens (tertiary/aromatic N) is 1. The van der Waals surface area contributed by atoms with Crippen LogP contribution >= 0.6 is 0 Å². The maximum absolute atomic E-state index is 12.4. The van der Waals surface area contributed by atoms with Crippen LogP contribution in [-0.4, -0.2) is 29.7 Å². The van der Waals surface area contributed by atoms with Crippen molar-refractivity contribution in [2.24, 2.45) is 0 Å². The third-order valence-corrected chi connectivity index (χ3v) is 9.60. The van der Waals surface area contributed by atoms with E-state index in [0.717, 1.165) is 63.1 Å². The molecule has 1 heterocycles. The maximum atomic E-state index is 12.4. The highest BCUT2D eigenvalue weighted by atomic mass is 16.5. The molecule has 5 rings (SSSR count). The summed E-state index contributed by atoms with van der Waals surface area (Å²) in [5, 5.41) is 12.4. The Morgan fingerprint density at radius 2 is 1.44 bits per heavy atom. The lowest BCUT2D eigenvalue weighted by Gasteiger charge is -2.43. The zero-order valence-corrected chi connectivity index (χ0v) is 25.3. The van der Waals surface area contributed by atoms with Crippen LogP contribution in [0, 0.1) is 0 Å². The molecule has 1 saturated carbocycles. The number of ether oxygens (including phenoxy) is 1. The van der Waals surface area contributed by atoms with Gasteiger partial charge in [0, 0.05) is 19.0 Å². The van der Waals surface area contributed by atoms with E-state index in [4.69, 9.17) is 4.74 Å². The van der Waals surface area contributed by atoms with Crippen molar-refractivity contribution in [3.05, 3.63) is 101 Å². The molecule has 2 aliphatic rings. The monoisotopic (exact) mass is 553 g/mol. The highest BCUT2D eigenvalue weighted by Gasteiger charge is 2.37. The first kappa shape index (κ1) is 29.9. The van der Waals surface area contributed by atoms with Gasteiger partial charge in [-0.1, -0.05) is 106 Å². The van der Waals surface area contributed by atoms with Gasteiger partial charge in [-0.3, -0.25) is 4.90 Å². The van der Waals surface area contributed by atoms with Crippen LogP contribution in [0.2, 0.25) is 0 Å². The molecule has 0 aromatic heterocycles. The van der Waals surface area contributed by atoms with Crippen LogP contribution in [0.5, 0.6) is 5.75 Å². The summed E-state index contributed by atoms with van der Waals surface area (Å²) in [5.41, 5.74) is 4.27. The quantitative estimate of drug-likeness (QED) is 0.214. The highest BCUT2D eigenvalue weighted by Crippen LogP contribution is 2.39. The molecule has 220 valence electrons. The first-order valence-corrected chi connectivity index (χ1v) is 16.5. The third-order valence-electron chi connectivity index (χ3n) is 9.60. The summed E-state index contributed by atoms with van der Waals surface area (Å²) in [4.78, 5) is 2.37. The van der Waals surface area contributed by atoms with E-state index < -0.39 is 5.72 Å². The van der Waals surface area contributed by atoms with E-state index in [1.54, 1.807) is 0 Å². The highest BCUT2D eigenvalue weighted by molar-refractivity contribution is 5.36. The number of unbranched alkanes of at least 4 members (excludes halogenated alkanes) is 1. The van der Waals surface area contributed by atoms with E-state index in [1.165, 1.54) is 68.1 Å². The van der Waals surface area contributed by atoms with Crippen molar-refractivity contribution in [2.75, 3.05) is 19.7 Å². The van der Waals surface area contributed by atoms with Crippen molar-refractivity contribution >= 4 is 0 Å². The Labute approximate surface area is 249 Å². The molecular formula is C38H51NO2.